The van der Waals surface area contributed by atoms with Gasteiger partial charge in [0.15, 0.2) is 18.9 Å². The third-order valence-corrected chi connectivity index (χ3v) is 7.16. The van der Waals surface area contributed by atoms with Crippen molar-refractivity contribution in [3.8, 4) is 0 Å². The van der Waals surface area contributed by atoms with Crippen LogP contribution in [-0.2, 0) is 34.0 Å². The topological polar surface area (TPSA) is 114 Å². The van der Waals surface area contributed by atoms with Crippen molar-refractivity contribution < 1.29 is 29.2 Å². The zero-order chi connectivity index (χ0) is 21.3. The van der Waals surface area contributed by atoms with Gasteiger partial charge in [-0.25, -0.2) is 4.57 Å². The highest BCUT2D eigenvalue weighted by atomic mass is 32.2. The second-order valence-corrected chi connectivity index (χ2v) is 9.13. The van der Waals surface area contributed by atoms with Crippen molar-refractivity contribution in [1.82, 2.24) is 10.2 Å². The molecule has 4 rings (SSSR count). The van der Waals surface area contributed by atoms with Crippen molar-refractivity contribution in [3.63, 3.8) is 0 Å². The number of hydrogen-bond acceptors (Lipinski definition) is 7. The summed E-state index contributed by atoms with van der Waals surface area (Å²) < 4.78 is 1.76. The molecule has 0 bridgehead atoms. The Morgan fingerprint density at radius 2 is 2.17 bits per heavy atom. The Balaban J connectivity index is 1.50. The number of aliphatic carboxylic acids is 1. The molecular formula is C20H19N3O5S2. The number of aromatic nitrogens is 1. The molecule has 1 fully saturated rings. The highest BCUT2D eigenvalue weighted by molar-refractivity contribution is 8.00. The van der Waals surface area contributed by atoms with Gasteiger partial charge in [0.05, 0.1) is 24.7 Å². The van der Waals surface area contributed by atoms with Crippen LogP contribution in [0.3, 0.4) is 0 Å². The Kier molecular flexibility index (Phi) is 5.89. The summed E-state index contributed by atoms with van der Waals surface area (Å²) in [6.07, 6.45) is 3.68. The molecule has 156 valence electrons. The lowest BCUT2D eigenvalue weighted by molar-refractivity contribution is -0.689. The number of aliphatic hydroxyl groups excluding tert-OH is 1. The first-order chi connectivity index (χ1) is 14.5. The molecule has 1 unspecified atom stereocenters. The van der Waals surface area contributed by atoms with Gasteiger partial charge in [0.1, 0.15) is 11.4 Å². The fourth-order valence-corrected chi connectivity index (χ4v) is 5.62. The van der Waals surface area contributed by atoms with Crippen molar-refractivity contribution in [2.45, 2.75) is 31.0 Å². The van der Waals surface area contributed by atoms with Gasteiger partial charge in [0.25, 0.3) is 5.91 Å². The zero-order valence-electron chi connectivity index (χ0n) is 15.8. The van der Waals surface area contributed by atoms with E-state index in [4.69, 9.17) is 0 Å². The van der Waals surface area contributed by atoms with E-state index in [1.165, 1.54) is 28.0 Å². The van der Waals surface area contributed by atoms with Crippen LogP contribution >= 0.6 is 23.1 Å². The van der Waals surface area contributed by atoms with Crippen molar-refractivity contribution in [2.24, 2.45) is 0 Å². The molecule has 30 heavy (non-hydrogen) atoms. The fraction of sp³-hybridized carbons (Fsp3) is 0.300. The van der Waals surface area contributed by atoms with Crippen LogP contribution in [0.1, 0.15) is 10.4 Å². The molecule has 8 nitrogen and oxygen atoms in total. The van der Waals surface area contributed by atoms with Gasteiger partial charge < -0.3 is 20.3 Å². The summed E-state index contributed by atoms with van der Waals surface area (Å²) in [5.41, 5.74) is 1.12. The fourth-order valence-electron chi connectivity index (χ4n) is 3.58. The number of carbonyl (C=O) groups is 3. The van der Waals surface area contributed by atoms with Crippen LogP contribution in [-0.4, -0.2) is 45.0 Å². The number of nitrogens with zero attached hydrogens (tertiary/aromatic N) is 2. The molecule has 0 spiro atoms. The zero-order valence-corrected chi connectivity index (χ0v) is 17.4. The number of aliphatic hydroxyl groups is 1. The van der Waals surface area contributed by atoms with E-state index in [0.717, 1.165) is 4.88 Å². The smallest absolute Gasteiger partial charge is 0.253 e. The van der Waals surface area contributed by atoms with Crippen molar-refractivity contribution in [3.05, 3.63) is 63.7 Å². The molecule has 2 aliphatic heterocycles. The van der Waals surface area contributed by atoms with Gasteiger partial charge in [-0.1, -0.05) is 6.07 Å². The lowest BCUT2D eigenvalue weighted by Gasteiger charge is -2.50. The number of carboxylic acids is 1. The van der Waals surface area contributed by atoms with Crippen molar-refractivity contribution in [2.75, 3.05) is 5.75 Å². The van der Waals surface area contributed by atoms with Crippen LogP contribution in [0.25, 0.3) is 0 Å². The van der Waals surface area contributed by atoms with E-state index in [0.29, 0.717) is 16.9 Å². The number of carboxylic acid groups (broad SMARTS) is 1. The lowest BCUT2D eigenvalue weighted by Crippen LogP contribution is -2.71. The SMILES string of the molecule is O=C(Cc1cccs1)NC1C(=O)N2C(C(=O)[O-])=C(C[n+]3cccc(CO)c3)CS[C@@H]12. The van der Waals surface area contributed by atoms with Crippen LogP contribution in [0.5, 0.6) is 0 Å². The Bertz CT molecular complexity index is 1020. The molecule has 2 N–H and O–H groups in total. The van der Waals surface area contributed by atoms with Crippen LogP contribution < -0.4 is 15.0 Å². The number of carbonyl (C=O) groups excluding carboxylic acids is 3. The normalized spacial score (nSPS) is 20.6. The van der Waals surface area contributed by atoms with E-state index in [1.807, 2.05) is 17.5 Å². The van der Waals surface area contributed by atoms with Crippen LogP contribution in [0.15, 0.2) is 53.3 Å². The lowest BCUT2D eigenvalue weighted by atomic mass is 10.0. The van der Waals surface area contributed by atoms with Crippen LogP contribution in [0.4, 0.5) is 0 Å². The summed E-state index contributed by atoms with van der Waals surface area (Å²) >= 11 is 2.88. The highest BCUT2D eigenvalue weighted by Gasteiger charge is 2.53. The molecule has 2 amide bonds. The quantitative estimate of drug-likeness (QED) is 0.425. The molecule has 2 atom stereocenters. The van der Waals surface area contributed by atoms with Crippen LogP contribution in [0, 0.1) is 0 Å². The first-order valence-corrected chi connectivity index (χ1v) is 11.2. The number of rotatable bonds is 7. The van der Waals surface area contributed by atoms with Crippen LogP contribution in [0.2, 0.25) is 0 Å². The minimum absolute atomic E-state index is 0.123. The molecule has 2 aromatic rings. The highest BCUT2D eigenvalue weighted by Crippen LogP contribution is 2.40. The Labute approximate surface area is 180 Å². The monoisotopic (exact) mass is 445 g/mol. The number of thiophene rings is 1. The molecule has 0 radical (unpaired) electrons. The van der Waals surface area contributed by atoms with Gasteiger partial charge in [-0.2, -0.15) is 0 Å². The van der Waals surface area contributed by atoms with Gasteiger partial charge >= 0.3 is 0 Å². The first kappa shape index (κ1) is 20.6. The molecule has 1 saturated heterocycles. The van der Waals surface area contributed by atoms with Gasteiger partial charge in [-0.3, -0.25) is 14.5 Å². The number of nitrogens with one attached hydrogen (secondary N) is 1. The Morgan fingerprint density at radius 1 is 1.33 bits per heavy atom. The maximum absolute atomic E-state index is 12.7. The van der Waals surface area contributed by atoms with E-state index in [9.17, 15) is 24.6 Å². The second-order valence-electron chi connectivity index (χ2n) is 6.99. The maximum Gasteiger partial charge on any atom is 0.253 e. The average molecular weight is 446 g/mol. The summed E-state index contributed by atoms with van der Waals surface area (Å²) in [5, 5.41) is 25.3. The maximum atomic E-state index is 12.7. The summed E-state index contributed by atoms with van der Waals surface area (Å²) in [5.74, 6) is -1.73. The van der Waals surface area contributed by atoms with Crippen molar-refractivity contribution in [1.29, 1.82) is 0 Å². The standard InChI is InChI=1S/C20H19N3O5S2/c24-10-12-3-1-5-22(8-12)9-13-11-30-19-16(18(26)23(19)17(13)20(27)28)21-15(25)7-14-4-2-6-29-14/h1-6,8,16,19,24H,7,9-11H2,(H-,21,25,27,28)/t16?,19-/m0/s1. The number of β-lactam (4-membered cyclic amide) rings is 1. The molecule has 2 aliphatic rings. The average Bonchev–Trinajstić information content (AvgIpc) is 3.24. The molecule has 0 aliphatic carbocycles. The van der Waals surface area contributed by atoms with E-state index >= 15 is 0 Å². The van der Waals surface area contributed by atoms with E-state index < -0.39 is 23.3 Å². The molecule has 0 aromatic carbocycles. The number of pyridine rings is 1. The summed E-state index contributed by atoms with van der Waals surface area (Å²) in [6.45, 7) is 0.136. The number of hydrogen-bond donors (Lipinski definition) is 2. The van der Waals surface area contributed by atoms with Crippen molar-refractivity contribution >= 4 is 40.9 Å². The number of thioether (sulfide) groups is 1. The van der Waals surface area contributed by atoms with E-state index in [-0.39, 0.29) is 31.2 Å². The summed E-state index contributed by atoms with van der Waals surface area (Å²) in [4.78, 5) is 38.9. The van der Waals surface area contributed by atoms with Gasteiger partial charge in [-0.05, 0) is 17.5 Å². The third kappa shape index (κ3) is 3.98. The molecule has 2 aromatic heterocycles. The Hall–Kier alpha value is -2.69. The predicted molar refractivity (Wildman–Crippen MR) is 108 cm³/mol. The number of fused-ring (bicyclic) bond motifs is 1. The van der Waals surface area contributed by atoms with Gasteiger partial charge in [-0.15, -0.1) is 23.1 Å². The minimum Gasteiger partial charge on any atom is -0.543 e. The predicted octanol–water partition coefficient (Wildman–Crippen LogP) is -0.825. The molecule has 0 saturated carbocycles. The molecule has 10 heteroatoms. The Morgan fingerprint density at radius 3 is 2.87 bits per heavy atom. The summed E-state index contributed by atoms with van der Waals surface area (Å²) in [6, 6.07) is 6.48. The van der Waals surface area contributed by atoms with Gasteiger partial charge in [0, 0.05) is 27.8 Å². The molecule has 4 heterocycles. The first-order valence-electron chi connectivity index (χ1n) is 9.26. The summed E-state index contributed by atoms with van der Waals surface area (Å²) in [7, 11) is 0. The second kappa shape index (κ2) is 8.58. The third-order valence-electron chi connectivity index (χ3n) is 4.95. The largest absolute Gasteiger partial charge is 0.543 e. The minimum atomic E-state index is -1.41. The van der Waals surface area contributed by atoms with E-state index in [1.54, 1.807) is 29.1 Å². The number of amides is 2. The molecular weight excluding hydrogens is 426 g/mol. The van der Waals surface area contributed by atoms with Gasteiger partial charge in [0.2, 0.25) is 5.91 Å². The van der Waals surface area contributed by atoms with E-state index in [2.05, 4.69) is 5.32 Å².